The molecular weight excluding hydrogens is 242 g/mol. The fraction of sp³-hybridized carbons (Fsp3) is 0.571. The molecule has 1 unspecified atom stereocenters. The van der Waals surface area contributed by atoms with Gasteiger partial charge < -0.3 is 9.32 Å². The minimum Gasteiger partial charge on any atom is -0.459 e. The SMILES string of the molecule is CCC(C#N)N1CCN(C(=O)c2occc2C)CC1. The summed E-state index contributed by atoms with van der Waals surface area (Å²) in [5.74, 6) is 0.382. The number of nitrogens with zero attached hydrogens (tertiary/aromatic N) is 3. The monoisotopic (exact) mass is 261 g/mol. The molecule has 0 bridgehead atoms. The maximum Gasteiger partial charge on any atom is 0.289 e. The number of amides is 1. The van der Waals surface area contributed by atoms with Gasteiger partial charge in [-0.1, -0.05) is 6.92 Å². The molecule has 5 heteroatoms. The lowest BCUT2D eigenvalue weighted by molar-refractivity contribution is 0.0574. The van der Waals surface area contributed by atoms with Crippen LogP contribution in [0.15, 0.2) is 16.7 Å². The Kier molecular flexibility index (Phi) is 4.23. The number of carbonyl (C=O) groups is 1. The van der Waals surface area contributed by atoms with Gasteiger partial charge in [0.2, 0.25) is 0 Å². The molecule has 0 saturated carbocycles. The van der Waals surface area contributed by atoms with Crippen LogP contribution >= 0.6 is 0 Å². The van der Waals surface area contributed by atoms with Crippen LogP contribution in [0.5, 0.6) is 0 Å². The Balaban J connectivity index is 1.96. The molecule has 2 heterocycles. The van der Waals surface area contributed by atoms with Gasteiger partial charge in [-0.25, -0.2) is 0 Å². The van der Waals surface area contributed by atoms with E-state index in [1.54, 1.807) is 17.2 Å². The Morgan fingerprint density at radius 1 is 1.47 bits per heavy atom. The topological polar surface area (TPSA) is 60.5 Å². The number of hydrogen-bond donors (Lipinski definition) is 0. The van der Waals surface area contributed by atoms with Gasteiger partial charge in [-0.05, 0) is 19.4 Å². The third kappa shape index (κ3) is 2.79. The maximum atomic E-state index is 12.2. The number of rotatable bonds is 3. The summed E-state index contributed by atoms with van der Waals surface area (Å²) in [5.41, 5.74) is 0.871. The van der Waals surface area contributed by atoms with Crippen LogP contribution in [0.2, 0.25) is 0 Å². The van der Waals surface area contributed by atoms with Crippen molar-refractivity contribution < 1.29 is 9.21 Å². The number of hydrogen-bond acceptors (Lipinski definition) is 4. The van der Waals surface area contributed by atoms with E-state index in [1.807, 2.05) is 13.8 Å². The Bertz CT molecular complexity index is 481. The van der Waals surface area contributed by atoms with E-state index in [2.05, 4.69) is 11.0 Å². The van der Waals surface area contributed by atoms with Gasteiger partial charge in [0.1, 0.15) is 0 Å². The summed E-state index contributed by atoms with van der Waals surface area (Å²) in [4.78, 5) is 16.2. The second kappa shape index (κ2) is 5.89. The highest BCUT2D eigenvalue weighted by Gasteiger charge is 2.27. The molecule has 5 nitrogen and oxygen atoms in total. The third-order valence-electron chi connectivity index (χ3n) is 3.63. The molecule has 1 aliphatic heterocycles. The van der Waals surface area contributed by atoms with Crippen molar-refractivity contribution in [3.63, 3.8) is 0 Å². The largest absolute Gasteiger partial charge is 0.459 e. The number of piperazine rings is 1. The van der Waals surface area contributed by atoms with Crippen LogP contribution in [0, 0.1) is 18.3 Å². The fourth-order valence-corrected chi connectivity index (χ4v) is 2.40. The molecule has 19 heavy (non-hydrogen) atoms. The first kappa shape index (κ1) is 13.6. The van der Waals surface area contributed by atoms with Gasteiger partial charge >= 0.3 is 0 Å². The number of aryl methyl sites for hydroxylation is 1. The van der Waals surface area contributed by atoms with Crippen molar-refractivity contribution in [3.8, 4) is 6.07 Å². The van der Waals surface area contributed by atoms with Crippen LogP contribution in [0.3, 0.4) is 0 Å². The Hall–Kier alpha value is -1.80. The lowest BCUT2D eigenvalue weighted by Gasteiger charge is -2.36. The van der Waals surface area contributed by atoms with Crippen molar-refractivity contribution in [2.75, 3.05) is 26.2 Å². The standard InChI is InChI=1S/C14H19N3O2/c1-3-12(10-15)16-5-7-17(8-6-16)14(18)13-11(2)4-9-19-13/h4,9,12H,3,5-8H2,1-2H3. The molecule has 1 fully saturated rings. The minimum absolute atomic E-state index is 0.0393. The number of furan rings is 1. The molecule has 102 valence electrons. The summed E-state index contributed by atoms with van der Waals surface area (Å²) in [7, 11) is 0. The first-order valence-corrected chi connectivity index (χ1v) is 6.64. The lowest BCUT2D eigenvalue weighted by atomic mass is 10.1. The molecule has 1 aliphatic rings. The van der Waals surface area contributed by atoms with Gasteiger partial charge in [-0.3, -0.25) is 9.69 Å². The normalized spacial score (nSPS) is 18.1. The predicted octanol–water partition coefficient (Wildman–Crippen LogP) is 1.65. The fourth-order valence-electron chi connectivity index (χ4n) is 2.40. The van der Waals surface area contributed by atoms with Crippen LogP contribution in [0.1, 0.15) is 29.5 Å². The van der Waals surface area contributed by atoms with Gasteiger partial charge in [0.25, 0.3) is 5.91 Å². The summed E-state index contributed by atoms with van der Waals surface area (Å²) in [6, 6.07) is 4.06. The zero-order valence-corrected chi connectivity index (χ0v) is 11.4. The summed E-state index contributed by atoms with van der Waals surface area (Å²) >= 11 is 0. The van der Waals surface area contributed by atoms with Crippen molar-refractivity contribution >= 4 is 5.91 Å². The van der Waals surface area contributed by atoms with Crippen molar-refractivity contribution in [1.29, 1.82) is 5.26 Å². The molecule has 1 amide bonds. The van der Waals surface area contributed by atoms with Crippen molar-refractivity contribution in [1.82, 2.24) is 9.80 Å². The zero-order chi connectivity index (χ0) is 13.8. The van der Waals surface area contributed by atoms with E-state index in [4.69, 9.17) is 9.68 Å². The van der Waals surface area contributed by atoms with E-state index in [9.17, 15) is 4.79 Å². The van der Waals surface area contributed by atoms with E-state index in [-0.39, 0.29) is 11.9 Å². The molecule has 2 rings (SSSR count). The molecular formula is C14H19N3O2. The highest BCUT2D eigenvalue weighted by molar-refractivity contribution is 5.92. The molecule has 0 N–H and O–H groups in total. The van der Waals surface area contributed by atoms with Crippen molar-refractivity contribution in [3.05, 3.63) is 23.7 Å². The van der Waals surface area contributed by atoms with Gasteiger partial charge in [-0.15, -0.1) is 0 Å². The van der Waals surface area contributed by atoms with Crippen LogP contribution < -0.4 is 0 Å². The smallest absolute Gasteiger partial charge is 0.289 e. The average molecular weight is 261 g/mol. The lowest BCUT2D eigenvalue weighted by Crippen LogP contribution is -2.51. The van der Waals surface area contributed by atoms with Gasteiger partial charge in [0, 0.05) is 31.7 Å². The molecule has 1 aromatic heterocycles. The Labute approximate surface area is 113 Å². The zero-order valence-electron chi connectivity index (χ0n) is 11.4. The van der Waals surface area contributed by atoms with Gasteiger partial charge in [0.15, 0.2) is 5.76 Å². The number of carbonyl (C=O) groups excluding carboxylic acids is 1. The van der Waals surface area contributed by atoms with E-state index in [0.29, 0.717) is 18.8 Å². The number of nitriles is 1. The van der Waals surface area contributed by atoms with E-state index in [0.717, 1.165) is 25.1 Å². The van der Waals surface area contributed by atoms with Gasteiger partial charge in [-0.2, -0.15) is 5.26 Å². The Morgan fingerprint density at radius 2 is 2.16 bits per heavy atom. The van der Waals surface area contributed by atoms with E-state index in [1.165, 1.54) is 0 Å². The predicted molar refractivity (Wildman–Crippen MR) is 70.6 cm³/mol. The summed E-state index contributed by atoms with van der Waals surface area (Å²) in [6.45, 7) is 6.68. The molecule has 1 atom stereocenters. The van der Waals surface area contributed by atoms with Crippen LogP contribution in [0.25, 0.3) is 0 Å². The molecule has 0 aliphatic carbocycles. The Morgan fingerprint density at radius 3 is 2.63 bits per heavy atom. The minimum atomic E-state index is -0.0489. The second-order valence-corrected chi connectivity index (χ2v) is 4.81. The summed E-state index contributed by atoms with van der Waals surface area (Å²) in [6.07, 6.45) is 2.36. The molecule has 1 saturated heterocycles. The maximum absolute atomic E-state index is 12.2. The van der Waals surface area contributed by atoms with Gasteiger partial charge in [0.05, 0.1) is 18.4 Å². The van der Waals surface area contributed by atoms with Crippen molar-refractivity contribution in [2.24, 2.45) is 0 Å². The third-order valence-corrected chi connectivity index (χ3v) is 3.63. The summed E-state index contributed by atoms with van der Waals surface area (Å²) in [5, 5.41) is 9.05. The first-order valence-electron chi connectivity index (χ1n) is 6.64. The van der Waals surface area contributed by atoms with Crippen LogP contribution in [0.4, 0.5) is 0 Å². The van der Waals surface area contributed by atoms with Crippen LogP contribution in [-0.2, 0) is 0 Å². The second-order valence-electron chi connectivity index (χ2n) is 4.81. The molecule has 0 spiro atoms. The van der Waals surface area contributed by atoms with E-state index < -0.39 is 0 Å². The van der Waals surface area contributed by atoms with Crippen molar-refractivity contribution in [2.45, 2.75) is 26.3 Å². The van der Waals surface area contributed by atoms with Crippen LogP contribution in [-0.4, -0.2) is 47.9 Å². The first-order chi connectivity index (χ1) is 9.17. The molecule has 0 aromatic carbocycles. The summed E-state index contributed by atoms with van der Waals surface area (Å²) < 4.78 is 5.24. The molecule has 1 aromatic rings. The highest BCUT2D eigenvalue weighted by Crippen LogP contribution is 2.15. The highest BCUT2D eigenvalue weighted by atomic mass is 16.3. The average Bonchev–Trinajstić information content (AvgIpc) is 2.86. The molecule has 0 radical (unpaired) electrons. The van der Waals surface area contributed by atoms with E-state index >= 15 is 0 Å². The quantitative estimate of drug-likeness (QED) is 0.830.